The van der Waals surface area contributed by atoms with E-state index in [0.717, 1.165) is 45.3 Å². The molecule has 7 nitrogen and oxygen atoms in total. The van der Waals surface area contributed by atoms with Gasteiger partial charge in [-0.05, 0) is 56.3 Å². The summed E-state index contributed by atoms with van der Waals surface area (Å²) >= 11 is 1.50. The molecule has 0 radical (unpaired) electrons. The van der Waals surface area contributed by atoms with Crippen LogP contribution in [-0.4, -0.2) is 43.8 Å². The van der Waals surface area contributed by atoms with Crippen LogP contribution in [0.15, 0.2) is 79.0 Å². The van der Waals surface area contributed by atoms with E-state index in [1.807, 2.05) is 72.8 Å². The molecule has 1 fully saturated rings. The van der Waals surface area contributed by atoms with Crippen molar-refractivity contribution in [1.82, 2.24) is 24.8 Å². The van der Waals surface area contributed by atoms with Crippen molar-refractivity contribution in [3.05, 3.63) is 90.4 Å². The van der Waals surface area contributed by atoms with Gasteiger partial charge >= 0.3 is 0 Å². The topological polar surface area (TPSA) is 83.9 Å². The average Bonchev–Trinajstić information content (AvgIpc) is 3.59. The molecule has 1 aliphatic rings. The zero-order valence-corrected chi connectivity index (χ0v) is 20.4. The molecule has 1 N–H and O–H groups in total. The molecule has 0 bridgehead atoms. The largest absolute Gasteiger partial charge is 0.320 e. The predicted molar refractivity (Wildman–Crippen MR) is 143 cm³/mol. The van der Waals surface area contributed by atoms with Crippen LogP contribution in [0.25, 0.3) is 32.3 Å². The molecular formula is C28H24N6OS. The fourth-order valence-corrected chi connectivity index (χ4v) is 5.38. The van der Waals surface area contributed by atoms with Crippen molar-refractivity contribution in [2.24, 2.45) is 0 Å². The van der Waals surface area contributed by atoms with Crippen molar-refractivity contribution in [3.8, 4) is 22.0 Å². The number of para-hydroxylation sites is 1. The number of benzene rings is 2. The fraction of sp³-hybridized carbons (Fsp3) is 0.179. The Morgan fingerprint density at radius 2 is 1.72 bits per heavy atom. The number of hydrogen-bond acceptors (Lipinski definition) is 7. The smallest absolute Gasteiger partial charge is 0.274 e. The van der Waals surface area contributed by atoms with Crippen LogP contribution in [0.5, 0.6) is 0 Å². The molecule has 0 unspecified atom stereocenters. The molecule has 1 amide bonds. The lowest BCUT2D eigenvalue weighted by molar-refractivity contribution is 0.102. The molecule has 5 aromatic rings. The second-order valence-corrected chi connectivity index (χ2v) is 9.74. The first-order valence-electron chi connectivity index (χ1n) is 12.0. The van der Waals surface area contributed by atoms with E-state index in [1.54, 1.807) is 6.20 Å². The fourth-order valence-electron chi connectivity index (χ4n) is 4.43. The van der Waals surface area contributed by atoms with Gasteiger partial charge in [0.1, 0.15) is 21.0 Å². The van der Waals surface area contributed by atoms with Crippen LogP contribution in [0, 0.1) is 0 Å². The Hall–Kier alpha value is -4.01. The van der Waals surface area contributed by atoms with Crippen molar-refractivity contribution >= 4 is 33.3 Å². The van der Waals surface area contributed by atoms with Crippen LogP contribution in [-0.2, 0) is 6.54 Å². The van der Waals surface area contributed by atoms with Crippen LogP contribution in [0.2, 0.25) is 0 Å². The minimum absolute atomic E-state index is 0.274. The van der Waals surface area contributed by atoms with Crippen LogP contribution in [0.4, 0.5) is 5.69 Å². The number of nitrogens with zero attached hydrogens (tertiary/aromatic N) is 5. The molecule has 2 aromatic carbocycles. The highest BCUT2D eigenvalue weighted by atomic mass is 32.1. The summed E-state index contributed by atoms with van der Waals surface area (Å²) in [5.74, 6) is 0.284. The van der Waals surface area contributed by atoms with Gasteiger partial charge in [-0.25, -0.2) is 19.9 Å². The standard InChI is InChI=1S/C28H24N6OS/c35-26(32-22-12-5-4-11-21(22)27-33-23-13-8-14-29-28(23)36-27)24-17-20(18-34-15-6-7-16-34)30-25(31-24)19-9-2-1-3-10-19/h1-5,8-14,17H,6-7,15-16,18H2,(H,32,35). The van der Waals surface area contributed by atoms with Crippen LogP contribution in [0.1, 0.15) is 29.0 Å². The number of likely N-dealkylation sites (tertiary alicyclic amines) is 1. The number of fused-ring (bicyclic) bond motifs is 1. The molecule has 6 rings (SSSR count). The van der Waals surface area contributed by atoms with Crippen molar-refractivity contribution in [2.75, 3.05) is 18.4 Å². The maximum absolute atomic E-state index is 13.5. The second kappa shape index (κ2) is 9.93. The first-order valence-corrected chi connectivity index (χ1v) is 12.8. The summed E-state index contributed by atoms with van der Waals surface area (Å²) in [5, 5.41) is 3.88. The molecule has 0 spiro atoms. The number of aromatic nitrogens is 4. The maximum atomic E-state index is 13.5. The van der Waals surface area contributed by atoms with Crippen molar-refractivity contribution in [3.63, 3.8) is 0 Å². The molecule has 1 saturated heterocycles. The number of amides is 1. The number of pyridine rings is 1. The van der Waals surface area contributed by atoms with E-state index in [9.17, 15) is 4.79 Å². The lowest BCUT2D eigenvalue weighted by atomic mass is 10.1. The van der Waals surface area contributed by atoms with Crippen molar-refractivity contribution in [2.45, 2.75) is 19.4 Å². The van der Waals surface area contributed by atoms with Gasteiger partial charge < -0.3 is 5.32 Å². The Kier molecular flexibility index (Phi) is 6.19. The van der Waals surface area contributed by atoms with E-state index in [4.69, 9.17) is 9.97 Å². The van der Waals surface area contributed by atoms with Gasteiger partial charge in [0, 0.05) is 23.9 Å². The van der Waals surface area contributed by atoms with Gasteiger partial charge in [0.2, 0.25) is 0 Å². The van der Waals surface area contributed by atoms with Crippen LogP contribution >= 0.6 is 11.3 Å². The zero-order chi connectivity index (χ0) is 24.3. The highest BCUT2D eigenvalue weighted by Gasteiger charge is 2.19. The maximum Gasteiger partial charge on any atom is 0.274 e. The summed E-state index contributed by atoms with van der Waals surface area (Å²) < 4.78 is 0. The molecule has 0 saturated carbocycles. The zero-order valence-electron chi connectivity index (χ0n) is 19.6. The highest BCUT2D eigenvalue weighted by molar-refractivity contribution is 7.21. The molecule has 0 atom stereocenters. The average molecular weight is 493 g/mol. The van der Waals surface area contributed by atoms with Gasteiger partial charge in [-0.15, -0.1) is 0 Å². The molecule has 36 heavy (non-hydrogen) atoms. The monoisotopic (exact) mass is 492 g/mol. The van der Waals surface area contributed by atoms with E-state index in [0.29, 0.717) is 23.8 Å². The van der Waals surface area contributed by atoms with Crippen molar-refractivity contribution < 1.29 is 4.79 Å². The highest BCUT2D eigenvalue weighted by Crippen LogP contribution is 2.33. The first-order chi connectivity index (χ1) is 17.7. The number of thiazole rings is 1. The van der Waals surface area contributed by atoms with Gasteiger partial charge in [0.15, 0.2) is 5.82 Å². The molecular weight excluding hydrogens is 468 g/mol. The molecule has 8 heteroatoms. The van der Waals surface area contributed by atoms with Crippen LogP contribution < -0.4 is 5.32 Å². The Morgan fingerprint density at radius 3 is 2.56 bits per heavy atom. The van der Waals surface area contributed by atoms with Gasteiger partial charge in [0.25, 0.3) is 5.91 Å². The summed E-state index contributed by atoms with van der Waals surface area (Å²) in [6.45, 7) is 2.81. The third-order valence-electron chi connectivity index (χ3n) is 6.20. The SMILES string of the molecule is O=C(Nc1ccccc1-c1nc2cccnc2s1)c1cc(CN2CCCC2)nc(-c2ccccc2)n1. The number of hydrogen-bond donors (Lipinski definition) is 1. The number of carbonyl (C=O) groups is 1. The number of anilines is 1. The van der Waals surface area contributed by atoms with Crippen LogP contribution in [0.3, 0.4) is 0 Å². The van der Waals surface area contributed by atoms with Gasteiger partial charge in [-0.3, -0.25) is 9.69 Å². The lowest BCUT2D eigenvalue weighted by Gasteiger charge is -2.15. The Bertz CT molecular complexity index is 1490. The Morgan fingerprint density at radius 1 is 0.917 bits per heavy atom. The van der Waals surface area contributed by atoms with E-state index in [-0.39, 0.29) is 5.91 Å². The second-order valence-electron chi connectivity index (χ2n) is 8.76. The van der Waals surface area contributed by atoms with E-state index in [1.165, 1.54) is 24.2 Å². The first kappa shape index (κ1) is 22.5. The summed E-state index contributed by atoms with van der Waals surface area (Å²) in [5.41, 5.74) is 4.46. The van der Waals surface area contributed by atoms with E-state index >= 15 is 0 Å². The predicted octanol–water partition coefficient (Wildman–Crippen LogP) is 5.66. The van der Waals surface area contributed by atoms with Gasteiger partial charge in [-0.1, -0.05) is 53.8 Å². The number of rotatable bonds is 6. The van der Waals surface area contributed by atoms with E-state index in [2.05, 4.69) is 20.2 Å². The third-order valence-corrected chi connectivity index (χ3v) is 7.21. The molecule has 0 aliphatic carbocycles. The van der Waals surface area contributed by atoms with E-state index < -0.39 is 0 Å². The molecule has 178 valence electrons. The number of carbonyl (C=O) groups excluding carboxylic acids is 1. The van der Waals surface area contributed by atoms with Gasteiger partial charge in [-0.2, -0.15) is 0 Å². The van der Waals surface area contributed by atoms with Gasteiger partial charge in [0.05, 0.1) is 11.4 Å². The Balaban J connectivity index is 1.34. The molecule has 4 heterocycles. The third kappa shape index (κ3) is 4.73. The normalized spacial score (nSPS) is 13.8. The summed E-state index contributed by atoms with van der Waals surface area (Å²) in [7, 11) is 0. The summed E-state index contributed by atoms with van der Waals surface area (Å²) in [4.78, 5) is 35.3. The summed E-state index contributed by atoms with van der Waals surface area (Å²) in [6, 6.07) is 23.1. The molecule has 1 aliphatic heterocycles. The quantitative estimate of drug-likeness (QED) is 0.329. The minimum atomic E-state index is -0.274. The summed E-state index contributed by atoms with van der Waals surface area (Å²) in [6.07, 6.45) is 4.15. The Labute approximate surface area is 212 Å². The minimum Gasteiger partial charge on any atom is -0.320 e. The van der Waals surface area contributed by atoms with Crippen molar-refractivity contribution in [1.29, 1.82) is 0 Å². The lowest BCUT2D eigenvalue weighted by Crippen LogP contribution is -2.21. The number of nitrogens with one attached hydrogen (secondary N) is 1. The molecule has 3 aromatic heterocycles.